The number of hydroxylamine groups is 1. The minimum Gasteiger partial charge on any atom is -0.297 e. The van der Waals surface area contributed by atoms with Gasteiger partial charge in [-0.2, -0.15) is 17.7 Å². The van der Waals surface area contributed by atoms with Crippen LogP contribution in [0.25, 0.3) is 6.08 Å². The van der Waals surface area contributed by atoms with Crippen molar-refractivity contribution < 1.29 is 19.2 Å². The predicted molar refractivity (Wildman–Crippen MR) is 116 cm³/mol. The van der Waals surface area contributed by atoms with Crippen LogP contribution in [-0.2, 0) is 16.1 Å². The first kappa shape index (κ1) is 21.7. The van der Waals surface area contributed by atoms with Crippen molar-refractivity contribution in [2.75, 3.05) is 13.1 Å². The Hall–Kier alpha value is -2.49. The average molecular weight is 445 g/mol. The standard InChI is InChI=1S/C22H25FN4O3S/c23-18-4-2-1-3-17(18)21(22(29)14-5-6-14)26-9-8-19(31)15(12-26)11-16-7-10-27(24-16)13-20(28)25-30/h1-4,7,10-11,14,19,21,30-31H,5-6,8-9,12-13H2,(H,25,28). The Morgan fingerprint density at radius 3 is 2.77 bits per heavy atom. The molecule has 1 aliphatic heterocycles. The number of ketones is 1. The molecule has 1 saturated heterocycles. The quantitative estimate of drug-likeness (QED) is 0.347. The van der Waals surface area contributed by atoms with E-state index < -0.39 is 11.9 Å². The van der Waals surface area contributed by atoms with Crippen LogP contribution in [0.2, 0.25) is 0 Å². The van der Waals surface area contributed by atoms with Crippen molar-refractivity contribution in [3.05, 3.63) is 59.2 Å². The number of aromatic nitrogens is 2. The molecule has 31 heavy (non-hydrogen) atoms. The van der Waals surface area contributed by atoms with Gasteiger partial charge in [-0.05, 0) is 43.0 Å². The maximum absolute atomic E-state index is 14.6. The van der Waals surface area contributed by atoms with Gasteiger partial charge >= 0.3 is 0 Å². The second-order valence-corrected chi connectivity index (χ2v) is 8.69. The van der Waals surface area contributed by atoms with Crippen molar-refractivity contribution in [3.8, 4) is 0 Å². The molecule has 2 atom stereocenters. The SMILES string of the molecule is O=C(Cn1ccc(C=C2CN(C(C(=O)C3CC3)c3ccccc3F)CCC2S)n1)NO. The zero-order valence-corrected chi connectivity index (χ0v) is 17.8. The van der Waals surface area contributed by atoms with Crippen LogP contribution in [0.5, 0.6) is 0 Å². The predicted octanol–water partition coefficient (Wildman–Crippen LogP) is 2.64. The first-order chi connectivity index (χ1) is 15.0. The number of benzene rings is 1. The molecule has 4 rings (SSSR count). The van der Waals surface area contributed by atoms with Crippen LogP contribution in [0.3, 0.4) is 0 Å². The summed E-state index contributed by atoms with van der Waals surface area (Å²) in [5, 5.41) is 13.0. The van der Waals surface area contributed by atoms with Crippen molar-refractivity contribution in [2.24, 2.45) is 5.92 Å². The zero-order chi connectivity index (χ0) is 22.0. The Morgan fingerprint density at radius 2 is 2.06 bits per heavy atom. The number of likely N-dealkylation sites (tertiary alicyclic amines) is 1. The Labute approximate surface area is 185 Å². The van der Waals surface area contributed by atoms with E-state index in [0.29, 0.717) is 24.3 Å². The molecule has 1 aromatic heterocycles. The number of Topliss-reactive ketones (excluding diaryl/α,β-unsaturated/α-hetero) is 1. The van der Waals surface area contributed by atoms with E-state index in [1.165, 1.54) is 10.7 Å². The lowest BCUT2D eigenvalue weighted by atomic mass is 9.93. The average Bonchev–Trinajstić information content (AvgIpc) is 3.53. The van der Waals surface area contributed by atoms with Gasteiger partial charge in [0.05, 0.1) is 11.7 Å². The molecule has 1 aromatic carbocycles. The molecule has 2 N–H and O–H groups in total. The van der Waals surface area contributed by atoms with Gasteiger partial charge in [0.1, 0.15) is 12.4 Å². The molecule has 2 heterocycles. The highest BCUT2D eigenvalue weighted by Gasteiger charge is 2.40. The highest BCUT2D eigenvalue weighted by atomic mass is 32.1. The largest absolute Gasteiger partial charge is 0.297 e. The number of nitrogens with one attached hydrogen (secondary N) is 1. The molecule has 1 saturated carbocycles. The van der Waals surface area contributed by atoms with Gasteiger partial charge in [-0.3, -0.25) is 24.4 Å². The van der Waals surface area contributed by atoms with Gasteiger partial charge in [0.2, 0.25) is 0 Å². The van der Waals surface area contributed by atoms with Crippen LogP contribution in [0.1, 0.15) is 36.6 Å². The van der Waals surface area contributed by atoms with Crippen LogP contribution in [0, 0.1) is 11.7 Å². The lowest BCUT2D eigenvalue weighted by Crippen LogP contribution is -2.42. The van der Waals surface area contributed by atoms with Crippen LogP contribution >= 0.6 is 12.6 Å². The maximum atomic E-state index is 14.6. The Bertz CT molecular complexity index is 1000. The molecule has 9 heteroatoms. The molecule has 2 aromatic rings. The summed E-state index contributed by atoms with van der Waals surface area (Å²) in [5.41, 5.74) is 3.64. The highest BCUT2D eigenvalue weighted by molar-refractivity contribution is 7.81. The lowest BCUT2D eigenvalue weighted by molar-refractivity contribution is -0.130. The van der Waals surface area contributed by atoms with E-state index >= 15 is 0 Å². The summed E-state index contributed by atoms with van der Waals surface area (Å²) < 4.78 is 16.0. The first-order valence-corrected chi connectivity index (χ1v) is 10.8. The molecule has 2 unspecified atom stereocenters. The molecule has 0 spiro atoms. The highest BCUT2D eigenvalue weighted by Crippen LogP contribution is 2.39. The summed E-state index contributed by atoms with van der Waals surface area (Å²) in [4.78, 5) is 26.5. The minimum absolute atomic E-state index is 0.000521. The Kier molecular flexibility index (Phi) is 6.54. The van der Waals surface area contributed by atoms with Crippen molar-refractivity contribution in [3.63, 3.8) is 0 Å². The van der Waals surface area contributed by atoms with Gasteiger partial charge in [-0.15, -0.1) is 0 Å². The van der Waals surface area contributed by atoms with E-state index in [9.17, 15) is 14.0 Å². The molecule has 7 nitrogen and oxygen atoms in total. The minimum atomic E-state index is -0.608. The number of carbonyl (C=O) groups excluding carboxylic acids is 2. The number of piperidine rings is 1. The van der Waals surface area contributed by atoms with E-state index in [1.54, 1.807) is 35.9 Å². The summed E-state index contributed by atoms with van der Waals surface area (Å²) in [6.45, 7) is 1.03. The maximum Gasteiger partial charge on any atom is 0.265 e. The first-order valence-electron chi connectivity index (χ1n) is 10.3. The number of hydrogen-bond acceptors (Lipinski definition) is 6. The van der Waals surface area contributed by atoms with E-state index in [1.807, 2.05) is 11.0 Å². The van der Waals surface area contributed by atoms with E-state index in [4.69, 9.17) is 17.8 Å². The fourth-order valence-electron chi connectivity index (χ4n) is 3.99. The van der Waals surface area contributed by atoms with E-state index in [-0.39, 0.29) is 29.3 Å². The molecule has 164 valence electrons. The van der Waals surface area contributed by atoms with Crippen LogP contribution in [0.4, 0.5) is 4.39 Å². The summed E-state index contributed by atoms with van der Waals surface area (Å²) in [6, 6.07) is 7.66. The number of hydrogen-bond donors (Lipinski definition) is 3. The van der Waals surface area contributed by atoms with Crippen LogP contribution in [-0.4, -0.2) is 49.9 Å². The van der Waals surface area contributed by atoms with Gasteiger partial charge in [0.25, 0.3) is 5.91 Å². The number of rotatable bonds is 7. The summed E-state index contributed by atoms with van der Waals surface area (Å²) >= 11 is 4.70. The second kappa shape index (κ2) is 9.33. The number of nitrogens with zero attached hydrogens (tertiary/aromatic N) is 3. The molecule has 2 aliphatic rings. The van der Waals surface area contributed by atoms with Gasteiger partial charge < -0.3 is 0 Å². The normalized spacial score (nSPS) is 21.8. The molecule has 0 radical (unpaired) electrons. The summed E-state index contributed by atoms with van der Waals surface area (Å²) in [7, 11) is 0. The van der Waals surface area contributed by atoms with Crippen molar-refractivity contribution >= 4 is 30.4 Å². The van der Waals surface area contributed by atoms with E-state index in [0.717, 1.165) is 24.8 Å². The van der Waals surface area contributed by atoms with Crippen LogP contribution in [0.15, 0.2) is 42.1 Å². The third kappa shape index (κ3) is 5.06. The number of thiol groups is 1. The molecule has 1 amide bonds. The number of halogens is 1. The fraction of sp³-hybridized carbons (Fsp3) is 0.409. The van der Waals surface area contributed by atoms with Crippen molar-refractivity contribution in [1.29, 1.82) is 0 Å². The summed E-state index contributed by atoms with van der Waals surface area (Å²) in [5.74, 6) is -0.828. The molecule has 1 aliphatic carbocycles. The molecule has 0 bridgehead atoms. The van der Waals surface area contributed by atoms with Gasteiger partial charge in [0, 0.05) is 36.0 Å². The molecular formula is C22H25FN4O3S. The van der Waals surface area contributed by atoms with Crippen molar-refractivity contribution in [2.45, 2.75) is 37.1 Å². The third-order valence-electron chi connectivity index (χ3n) is 5.74. The third-order valence-corrected chi connectivity index (χ3v) is 6.33. The zero-order valence-electron chi connectivity index (χ0n) is 16.9. The topological polar surface area (TPSA) is 87.5 Å². The van der Waals surface area contributed by atoms with Crippen molar-refractivity contribution in [1.82, 2.24) is 20.2 Å². The monoisotopic (exact) mass is 444 g/mol. The smallest absolute Gasteiger partial charge is 0.265 e. The Balaban J connectivity index is 1.58. The van der Waals surface area contributed by atoms with Crippen LogP contribution < -0.4 is 5.48 Å². The molecule has 2 fully saturated rings. The Morgan fingerprint density at radius 1 is 1.29 bits per heavy atom. The fourth-order valence-corrected chi connectivity index (χ4v) is 4.26. The summed E-state index contributed by atoms with van der Waals surface area (Å²) in [6.07, 6.45) is 6.01. The lowest BCUT2D eigenvalue weighted by Gasteiger charge is -2.37. The molecular weight excluding hydrogens is 419 g/mol. The van der Waals surface area contributed by atoms with Gasteiger partial charge in [-0.1, -0.05) is 18.2 Å². The van der Waals surface area contributed by atoms with E-state index in [2.05, 4.69) is 5.10 Å². The number of amides is 1. The second-order valence-electron chi connectivity index (χ2n) is 8.07. The van der Waals surface area contributed by atoms with Gasteiger partial charge in [0.15, 0.2) is 5.78 Å². The number of carbonyl (C=O) groups is 2. The van der Waals surface area contributed by atoms with Gasteiger partial charge in [-0.25, -0.2) is 9.87 Å².